The molecule has 1 saturated heterocycles. The van der Waals surface area contributed by atoms with Gasteiger partial charge in [0, 0.05) is 22.7 Å². The predicted octanol–water partition coefficient (Wildman–Crippen LogP) is 3.80. The van der Waals surface area contributed by atoms with Crippen molar-refractivity contribution in [2.45, 2.75) is 45.2 Å². The molecule has 1 aromatic carbocycles. The summed E-state index contributed by atoms with van der Waals surface area (Å²) in [6.45, 7) is 4.58. The zero-order valence-electron chi connectivity index (χ0n) is 10.5. The number of rotatable bonds is 3. The van der Waals surface area contributed by atoms with E-state index in [9.17, 15) is 0 Å². The Balaban J connectivity index is 2.05. The molecular formula is C14H21BrN2. The highest BCUT2D eigenvalue weighted by Gasteiger charge is 2.20. The second-order valence-electron chi connectivity index (χ2n) is 4.88. The molecule has 1 unspecified atom stereocenters. The first kappa shape index (κ1) is 12.9. The number of piperidine rings is 1. The van der Waals surface area contributed by atoms with E-state index in [1.807, 2.05) is 6.07 Å². The van der Waals surface area contributed by atoms with E-state index < -0.39 is 0 Å². The molecule has 1 heterocycles. The highest BCUT2D eigenvalue weighted by molar-refractivity contribution is 9.10. The van der Waals surface area contributed by atoms with Gasteiger partial charge in [0.05, 0.1) is 0 Å². The number of anilines is 1. The number of halogens is 1. The number of nitrogens with two attached hydrogens (primary N) is 1. The van der Waals surface area contributed by atoms with Gasteiger partial charge in [-0.25, -0.2) is 0 Å². The Bertz CT molecular complexity index is 378. The van der Waals surface area contributed by atoms with E-state index in [1.165, 1.54) is 37.8 Å². The van der Waals surface area contributed by atoms with Gasteiger partial charge in [-0.1, -0.05) is 19.4 Å². The standard InChI is InChI=1S/C14H21BrN2/c1-2-12-5-3-4-8-17(12)10-11-6-7-14(16)13(15)9-11/h6-7,9,12H,2-5,8,10,16H2,1H3. The van der Waals surface area contributed by atoms with E-state index in [4.69, 9.17) is 5.73 Å². The summed E-state index contributed by atoms with van der Waals surface area (Å²) in [5.74, 6) is 0. The second-order valence-corrected chi connectivity index (χ2v) is 5.74. The van der Waals surface area contributed by atoms with Gasteiger partial charge in [-0.15, -0.1) is 0 Å². The highest BCUT2D eigenvalue weighted by atomic mass is 79.9. The molecule has 0 aromatic heterocycles. The lowest BCUT2D eigenvalue weighted by Gasteiger charge is -2.35. The Kier molecular flexibility index (Phi) is 4.46. The molecule has 1 aliphatic heterocycles. The summed E-state index contributed by atoms with van der Waals surface area (Å²) in [5.41, 5.74) is 7.99. The molecule has 2 N–H and O–H groups in total. The fourth-order valence-corrected chi connectivity index (χ4v) is 3.06. The van der Waals surface area contributed by atoms with Gasteiger partial charge >= 0.3 is 0 Å². The van der Waals surface area contributed by atoms with Crippen molar-refractivity contribution in [3.8, 4) is 0 Å². The van der Waals surface area contributed by atoms with Crippen LogP contribution in [0.5, 0.6) is 0 Å². The van der Waals surface area contributed by atoms with Crippen LogP contribution in [0.15, 0.2) is 22.7 Å². The van der Waals surface area contributed by atoms with E-state index in [0.717, 1.165) is 22.7 Å². The van der Waals surface area contributed by atoms with Gasteiger partial charge in [0.15, 0.2) is 0 Å². The van der Waals surface area contributed by atoms with Crippen LogP contribution in [-0.4, -0.2) is 17.5 Å². The number of nitrogens with zero attached hydrogens (tertiary/aromatic N) is 1. The van der Waals surface area contributed by atoms with Crippen LogP contribution in [0.2, 0.25) is 0 Å². The van der Waals surface area contributed by atoms with Gasteiger partial charge in [0.25, 0.3) is 0 Å². The van der Waals surface area contributed by atoms with Crippen molar-refractivity contribution in [1.82, 2.24) is 4.90 Å². The molecule has 2 rings (SSSR count). The fourth-order valence-electron chi connectivity index (χ4n) is 2.63. The van der Waals surface area contributed by atoms with Crippen LogP contribution in [0, 0.1) is 0 Å². The SMILES string of the molecule is CCC1CCCCN1Cc1ccc(N)c(Br)c1. The van der Waals surface area contributed by atoms with Gasteiger partial charge < -0.3 is 5.73 Å². The summed E-state index contributed by atoms with van der Waals surface area (Å²) in [7, 11) is 0. The van der Waals surface area contributed by atoms with E-state index in [0.29, 0.717) is 0 Å². The van der Waals surface area contributed by atoms with Crippen LogP contribution >= 0.6 is 15.9 Å². The third kappa shape index (κ3) is 3.23. The molecule has 0 spiro atoms. The van der Waals surface area contributed by atoms with Gasteiger partial charge in [-0.05, 0) is 59.4 Å². The molecule has 1 aliphatic rings. The smallest absolute Gasteiger partial charge is 0.0458 e. The number of nitrogen functional groups attached to an aromatic ring is 1. The van der Waals surface area contributed by atoms with Crippen LogP contribution in [0.25, 0.3) is 0 Å². The topological polar surface area (TPSA) is 29.3 Å². The lowest BCUT2D eigenvalue weighted by atomic mass is 9.99. The first-order valence-corrected chi connectivity index (χ1v) is 7.28. The quantitative estimate of drug-likeness (QED) is 0.860. The van der Waals surface area contributed by atoms with Crippen molar-refractivity contribution in [3.63, 3.8) is 0 Å². The van der Waals surface area contributed by atoms with Gasteiger partial charge in [0.2, 0.25) is 0 Å². The molecule has 1 aromatic rings. The van der Waals surface area contributed by atoms with Crippen molar-refractivity contribution >= 4 is 21.6 Å². The van der Waals surface area contributed by atoms with Crippen molar-refractivity contribution in [2.75, 3.05) is 12.3 Å². The maximum atomic E-state index is 5.81. The highest BCUT2D eigenvalue weighted by Crippen LogP contribution is 2.25. The number of hydrogen-bond donors (Lipinski definition) is 1. The first-order valence-electron chi connectivity index (χ1n) is 6.48. The minimum absolute atomic E-state index is 0.764. The molecule has 1 fully saturated rings. The Morgan fingerprint density at radius 1 is 1.41 bits per heavy atom. The summed E-state index contributed by atoms with van der Waals surface area (Å²) >= 11 is 3.50. The molecule has 94 valence electrons. The second kappa shape index (κ2) is 5.87. The molecule has 17 heavy (non-hydrogen) atoms. The molecule has 0 aliphatic carbocycles. The summed E-state index contributed by atoms with van der Waals surface area (Å²) in [6.07, 6.45) is 5.34. The zero-order chi connectivity index (χ0) is 12.3. The molecule has 0 amide bonds. The zero-order valence-corrected chi connectivity index (χ0v) is 12.0. The third-order valence-corrected chi connectivity index (χ3v) is 4.36. The van der Waals surface area contributed by atoms with E-state index >= 15 is 0 Å². The largest absolute Gasteiger partial charge is 0.398 e. The normalized spacial score (nSPS) is 21.6. The van der Waals surface area contributed by atoms with Crippen LogP contribution in [0.4, 0.5) is 5.69 Å². The van der Waals surface area contributed by atoms with Crippen molar-refractivity contribution in [1.29, 1.82) is 0 Å². The molecular weight excluding hydrogens is 276 g/mol. The van der Waals surface area contributed by atoms with Crippen LogP contribution < -0.4 is 5.73 Å². The summed E-state index contributed by atoms with van der Waals surface area (Å²) in [4.78, 5) is 2.61. The minimum Gasteiger partial charge on any atom is -0.398 e. The Hall–Kier alpha value is -0.540. The van der Waals surface area contributed by atoms with Crippen molar-refractivity contribution in [3.05, 3.63) is 28.2 Å². The summed E-state index contributed by atoms with van der Waals surface area (Å²) in [6, 6.07) is 7.04. The van der Waals surface area contributed by atoms with Crippen LogP contribution in [-0.2, 0) is 6.54 Å². The molecule has 0 radical (unpaired) electrons. The van der Waals surface area contributed by atoms with Crippen molar-refractivity contribution < 1.29 is 0 Å². The van der Waals surface area contributed by atoms with Gasteiger partial charge in [-0.2, -0.15) is 0 Å². The molecule has 0 saturated carbocycles. The molecule has 3 heteroatoms. The summed E-state index contributed by atoms with van der Waals surface area (Å²) < 4.78 is 1.01. The molecule has 1 atom stereocenters. The Morgan fingerprint density at radius 3 is 2.94 bits per heavy atom. The van der Waals surface area contributed by atoms with Crippen LogP contribution in [0.1, 0.15) is 38.2 Å². The molecule has 0 bridgehead atoms. The average Bonchev–Trinajstić information content (AvgIpc) is 2.34. The van der Waals surface area contributed by atoms with Crippen LogP contribution in [0.3, 0.4) is 0 Å². The van der Waals surface area contributed by atoms with Crippen molar-refractivity contribution in [2.24, 2.45) is 0 Å². The Morgan fingerprint density at radius 2 is 2.24 bits per heavy atom. The maximum absolute atomic E-state index is 5.81. The van der Waals surface area contributed by atoms with Gasteiger partial charge in [0.1, 0.15) is 0 Å². The Labute approximate surface area is 112 Å². The summed E-state index contributed by atoms with van der Waals surface area (Å²) in [5, 5.41) is 0. The number of likely N-dealkylation sites (tertiary alicyclic amines) is 1. The molecule has 2 nitrogen and oxygen atoms in total. The number of benzene rings is 1. The lowest BCUT2D eigenvalue weighted by molar-refractivity contribution is 0.136. The fraction of sp³-hybridized carbons (Fsp3) is 0.571. The lowest BCUT2D eigenvalue weighted by Crippen LogP contribution is -2.38. The average molecular weight is 297 g/mol. The maximum Gasteiger partial charge on any atom is 0.0458 e. The van der Waals surface area contributed by atoms with Gasteiger partial charge in [-0.3, -0.25) is 4.90 Å². The predicted molar refractivity (Wildman–Crippen MR) is 76.9 cm³/mol. The van der Waals surface area contributed by atoms with E-state index in [-0.39, 0.29) is 0 Å². The van der Waals surface area contributed by atoms with E-state index in [1.54, 1.807) is 0 Å². The monoisotopic (exact) mass is 296 g/mol. The first-order chi connectivity index (χ1) is 8.20. The number of hydrogen-bond acceptors (Lipinski definition) is 2. The minimum atomic E-state index is 0.764. The van der Waals surface area contributed by atoms with E-state index in [2.05, 4.69) is 39.9 Å². The third-order valence-electron chi connectivity index (χ3n) is 3.67.